The summed E-state index contributed by atoms with van der Waals surface area (Å²) in [5.74, 6) is 1.90. The van der Waals surface area contributed by atoms with E-state index >= 15 is 0 Å². The van der Waals surface area contributed by atoms with Gasteiger partial charge in [0.2, 0.25) is 0 Å². The van der Waals surface area contributed by atoms with E-state index in [-0.39, 0.29) is 10.8 Å². The van der Waals surface area contributed by atoms with Gasteiger partial charge < -0.3 is 9.47 Å². The van der Waals surface area contributed by atoms with Gasteiger partial charge in [0, 0.05) is 48.0 Å². The topological polar surface area (TPSA) is 70.0 Å². The first-order valence-corrected chi connectivity index (χ1v) is 45.2. The monoisotopic (exact) mass is 1430 g/mol. The molecule has 2 aliphatic rings. The molecule has 550 valence electrons. The molecule has 0 saturated carbocycles. The second-order valence-corrected chi connectivity index (χ2v) is 34.9. The maximum absolute atomic E-state index is 6.41. The van der Waals surface area contributed by atoms with Gasteiger partial charge in [-0.3, -0.25) is 0 Å². The highest BCUT2D eigenvalue weighted by atomic mass is 32.1. The third kappa shape index (κ3) is 19.6. The average molecular weight is 1430 g/mol. The maximum Gasteiger partial charge on any atom is 0.145 e. The standard InChI is InChI=1S/C90H134N4O2S4/c1-9-13-17-21-25-29-33-37-41-45-49-53-57-89(58-54-50-46-42-38-34-30-26-22-18-14-10-2)74-64-70-75(63-69(74)79-76(89)61-67(5)81-83(79)93-99-91-81)90(59-55-51-47-43-39-35-31-27-23-19-15-11-3,60-56-52-48-44-40-36-32-28-24-20-16-12-4)77-65-71(82-84(80(70)77)94-100-92-82)78-66-73-86(96-8)87-72(62-68(6)97-87)85(95-7)88(73)98-78/h61-66H,9-60H2,1-8H3. The van der Waals surface area contributed by atoms with Crippen LogP contribution in [0.15, 0.2) is 36.4 Å². The Hall–Kier alpha value is -3.96. The number of unbranched alkanes of at least 4 members (excludes halogenated alkanes) is 44. The van der Waals surface area contributed by atoms with Crippen molar-refractivity contribution < 1.29 is 9.47 Å². The van der Waals surface area contributed by atoms with E-state index in [1.54, 1.807) is 28.0 Å². The summed E-state index contributed by atoms with van der Waals surface area (Å²) < 4.78 is 36.6. The summed E-state index contributed by atoms with van der Waals surface area (Å²) in [6.07, 6.45) is 70.0. The molecule has 100 heavy (non-hydrogen) atoms. The number of hydrogen-bond acceptors (Lipinski definition) is 10. The van der Waals surface area contributed by atoms with E-state index in [0.717, 1.165) is 66.6 Å². The van der Waals surface area contributed by atoms with E-state index in [4.69, 9.17) is 27.0 Å². The number of benzene rings is 4. The quantitative estimate of drug-likeness (QED) is 0.0354. The fourth-order valence-electron chi connectivity index (χ4n) is 18.4. The average Bonchev–Trinajstić information content (AvgIpc) is 1.52. The molecular formula is C90H134N4O2S4. The minimum atomic E-state index is -0.198. The van der Waals surface area contributed by atoms with Gasteiger partial charge in [-0.1, -0.05) is 342 Å². The lowest BCUT2D eigenvalue weighted by Crippen LogP contribution is -2.27. The number of aromatic nitrogens is 4. The third-order valence-corrected chi connectivity index (χ3v) is 27.3. The normalized spacial score (nSPS) is 13.6. The fourth-order valence-corrected chi connectivity index (χ4v) is 21.8. The lowest BCUT2D eigenvalue weighted by molar-refractivity contribution is 0.393. The molecule has 0 amide bonds. The van der Waals surface area contributed by atoms with Crippen LogP contribution in [0.4, 0.5) is 0 Å². The van der Waals surface area contributed by atoms with Crippen molar-refractivity contribution >= 4 is 88.4 Å². The number of thiophene rings is 2. The molecule has 10 heteroatoms. The molecule has 0 N–H and O–H groups in total. The first kappa shape index (κ1) is 78.6. The summed E-state index contributed by atoms with van der Waals surface area (Å²) in [6, 6.07) is 15.7. The number of ether oxygens (including phenoxy) is 2. The third-order valence-electron chi connectivity index (χ3n) is 24.0. The van der Waals surface area contributed by atoms with Crippen molar-refractivity contribution in [2.45, 2.75) is 386 Å². The van der Waals surface area contributed by atoms with Gasteiger partial charge in [-0.25, -0.2) is 0 Å². The fraction of sp³-hybridized carbons (Fsp3) is 0.689. The van der Waals surface area contributed by atoms with Crippen molar-refractivity contribution in [2.75, 3.05) is 14.2 Å². The van der Waals surface area contributed by atoms with Gasteiger partial charge in [-0.05, 0) is 109 Å². The van der Waals surface area contributed by atoms with E-state index in [1.165, 1.54) is 393 Å². The van der Waals surface area contributed by atoms with Crippen LogP contribution >= 0.6 is 46.1 Å². The number of rotatable bonds is 55. The molecule has 4 aromatic heterocycles. The molecule has 2 aliphatic carbocycles. The summed E-state index contributed by atoms with van der Waals surface area (Å²) in [4.78, 5) is 2.48. The van der Waals surface area contributed by atoms with Crippen LogP contribution in [-0.2, 0) is 10.8 Å². The Bertz CT molecular complexity index is 3600. The van der Waals surface area contributed by atoms with Crippen LogP contribution in [0.25, 0.3) is 74.9 Å². The Labute approximate surface area is 624 Å². The summed E-state index contributed by atoms with van der Waals surface area (Å²) >= 11 is 6.50. The van der Waals surface area contributed by atoms with E-state index in [1.807, 2.05) is 25.6 Å². The minimum Gasteiger partial charge on any atom is -0.495 e. The van der Waals surface area contributed by atoms with E-state index in [2.05, 4.69) is 77.9 Å². The van der Waals surface area contributed by atoms with Gasteiger partial charge in [0.1, 0.15) is 33.6 Å². The minimum absolute atomic E-state index is 0.115. The largest absolute Gasteiger partial charge is 0.495 e. The highest BCUT2D eigenvalue weighted by Gasteiger charge is 2.50. The van der Waals surface area contributed by atoms with Crippen LogP contribution in [0.1, 0.15) is 394 Å². The Morgan fingerprint density at radius 2 is 0.590 bits per heavy atom. The molecule has 0 aliphatic heterocycles. The zero-order chi connectivity index (χ0) is 69.8. The summed E-state index contributed by atoms with van der Waals surface area (Å²) in [5, 5.41) is 2.26. The van der Waals surface area contributed by atoms with Gasteiger partial charge >= 0.3 is 0 Å². The zero-order valence-corrected chi connectivity index (χ0v) is 67.7. The maximum atomic E-state index is 6.41. The van der Waals surface area contributed by atoms with Gasteiger partial charge in [0.15, 0.2) is 0 Å². The molecule has 0 unspecified atom stereocenters. The van der Waals surface area contributed by atoms with Gasteiger partial charge in [-0.2, -0.15) is 17.5 Å². The SMILES string of the molecule is CCCCCCCCCCCCCCC1(CCCCCCCCCCCCCC)c2cc3c(cc2-c2c1cc(C)c1nsnc21)C(CCCCCCCCCCCCCC)(CCCCCCCCCCCCCC)c1cc(-c2cc4c(OC)c5sc(C)cc5c(OC)c4s2)c2nsnc2c1-3. The van der Waals surface area contributed by atoms with Crippen LogP contribution in [0.3, 0.4) is 0 Å². The molecule has 4 heterocycles. The highest BCUT2D eigenvalue weighted by Crippen LogP contribution is 2.64. The lowest BCUT2D eigenvalue weighted by atomic mass is 9.68. The predicted molar refractivity (Wildman–Crippen MR) is 442 cm³/mol. The zero-order valence-electron chi connectivity index (χ0n) is 64.5. The molecular weight excluding hydrogens is 1300 g/mol. The first-order valence-electron chi connectivity index (χ1n) is 42.1. The van der Waals surface area contributed by atoms with Crippen molar-refractivity contribution in [3.8, 4) is 44.2 Å². The molecule has 8 aromatic rings. The molecule has 0 bridgehead atoms. The lowest BCUT2D eigenvalue weighted by Gasteiger charge is -2.35. The van der Waals surface area contributed by atoms with E-state index in [0.29, 0.717) is 0 Å². The second kappa shape index (κ2) is 41.7. The number of aryl methyl sites for hydroxylation is 2. The van der Waals surface area contributed by atoms with Crippen LogP contribution in [0.5, 0.6) is 11.5 Å². The van der Waals surface area contributed by atoms with Gasteiger partial charge in [0.05, 0.1) is 47.1 Å². The molecule has 0 atom stereocenters. The van der Waals surface area contributed by atoms with Crippen molar-refractivity contribution in [3.63, 3.8) is 0 Å². The van der Waals surface area contributed by atoms with E-state index in [9.17, 15) is 0 Å². The van der Waals surface area contributed by atoms with Gasteiger partial charge in [-0.15, -0.1) is 22.7 Å². The van der Waals surface area contributed by atoms with Crippen LogP contribution < -0.4 is 9.47 Å². The molecule has 6 nitrogen and oxygen atoms in total. The van der Waals surface area contributed by atoms with Crippen LogP contribution in [-0.4, -0.2) is 31.7 Å². The Morgan fingerprint density at radius 3 is 0.950 bits per heavy atom. The molecule has 4 aromatic carbocycles. The highest BCUT2D eigenvalue weighted by molar-refractivity contribution is 7.23. The Morgan fingerprint density at radius 1 is 0.300 bits per heavy atom. The van der Waals surface area contributed by atoms with Crippen LogP contribution in [0.2, 0.25) is 0 Å². The van der Waals surface area contributed by atoms with Crippen LogP contribution in [0, 0.1) is 13.8 Å². The number of nitrogens with zero attached hydrogens (tertiary/aromatic N) is 4. The smallest absolute Gasteiger partial charge is 0.145 e. The Balaban J connectivity index is 1.06. The number of fused-ring (bicyclic) bond motifs is 12. The van der Waals surface area contributed by atoms with Crippen molar-refractivity contribution in [1.29, 1.82) is 0 Å². The van der Waals surface area contributed by atoms with Gasteiger partial charge in [0.25, 0.3) is 0 Å². The van der Waals surface area contributed by atoms with E-state index < -0.39 is 0 Å². The second-order valence-electron chi connectivity index (χ2n) is 31.6. The molecule has 10 rings (SSSR count). The summed E-state index contributed by atoms with van der Waals surface area (Å²) in [7, 11) is 3.70. The predicted octanol–water partition coefficient (Wildman–Crippen LogP) is 31.3. The summed E-state index contributed by atoms with van der Waals surface area (Å²) in [6.45, 7) is 13.9. The number of methoxy groups -OCH3 is 2. The molecule has 0 spiro atoms. The van der Waals surface area contributed by atoms with Crippen molar-refractivity contribution in [2.24, 2.45) is 0 Å². The molecule has 0 saturated heterocycles. The summed E-state index contributed by atoms with van der Waals surface area (Å²) in [5.41, 5.74) is 18.5. The first-order chi connectivity index (χ1) is 49.3. The van der Waals surface area contributed by atoms with Crippen molar-refractivity contribution in [3.05, 3.63) is 69.1 Å². The Kier molecular flexibility index (Phi) is 32.8. The number of hydrogen-bond donors (Lipinski definition) is 0. The van der Waals surface area contributed by atoms with Crippen molar-refractivity contribution in [1.82, 2.24) is 17.5 Å². The molecule has 0 fully saturated rings. The molecule has 0 radical (unpaired) electrons.